The van der Waals surface area contributed by atoms with Crippen LogP contribution in [0.5, 0.6) is 11.5 Å². The van der Waals surface area contributed by atoms with E-state index in [0.29, 0.717) is 16.6 Å². The minimum atomic E-state index is 0.467. The highest BCUT2D eigenvalue weighted by Crippen LogP contribution is 2.34. The molecule has 0 amide bonds. The van der Waals surface area contributed by atoms with Crippen molar-refractivity contribution in [2.45, 2.75) is 33.6 Å². The first kappa shape index (κ1) is 14.7. The molecule has 20 heavy (non-hydrogen) atoms. The number of rotatable bonds is 3. The van der Waals surface area contributed by atoms with Crippen LogP contribution in [-0.2, 0) is 0 Å². The molecule has 0 bridgehead atoms. The summed E-state index contributed by atoms with van der Waals surface area (Å²) < 4.78 is 6.03. The number of hydrogen-bond donors (Lipinski definition) is 1. The fraction of sp³-hybridized carbons (Fsp3) is 0.294. The highest BCUT2D eigenvalue weighted by molar-refractivity contribution is 6.33. The summed E-state index contributed by atoms with van der Waals surface area (Å²) >= 11 is 6.07. The van der Waals surface area contributed by atoms with Gasteiger partial charge < -0.3 is 10.5 Å². The number of ether oxygens (including phenoxy) is 1. The normalized spacial score (nSPS) is 10.9. The van der Waals surface area contributed by atoms with Crippen molar-refractivity contribution in [1.29, 1.82) is 0 Å². The monoisotopic (exact) mass is 289 g/mol. The number of hydrogen-bond acceptors (Lipinski definition) is 2. The smallest absolute Gasteiger partial charge is 0.131 e. The Morgan fingerprint density at radius 2 is 1.65 bits per heavy atom. The van der Waals surface area contributed by atoms with Gasteiger partial charge in [-0.1, -0.05) is 37.6 Å². The van der Waals surface area contributed by atoms with Crippen LogP contribution >= 0.6 is 11.6 Å². The minimum Gasteiger partial charge on any atom is -0.457 e. The van der Waals surface area contributed by atoms with Crippen LogP contribution in [0.15, 0.2) is 30.3 Å². The maximum Gasteiger partial charge on any atom is 0.131 e. The maximum absolute atomic E-state index is 6.07. The molecule has 0 atom stereocenters. The van der Waals surface area contributed by atoms with E-state index in [9.17, 15) is 0 Å². The van der Waals surface area contributed by atoms with Crippen molar-refractivity contribution in [2.24, 2.45) is 0 Å². The minimum absolute atomic E-state index is 0.467. The van der Waals surface area contributed by atoms with E-state index in [1.807, 2.05) is 19.9 Å². The molecular formula is C17H20ClNO. The molecule has 0 aromatic heterocycles. The van der Waals surface area contributed by atoms with E-state index in [0.717, 1.165) is 22.6 Å². The summed E-state index contributed by atoms with van der Waals surface area (Å²) in [6.07, 6.45) is 0. The average molecular weight is 290 g/mol. The fourth-order valence-electron chi connectivity index (χ4n) is 2.00. The van der Waals surface area contributed by atoms with Gasteiger partial charge in [0.1, 0.15) is 11.5 Å². The van der Waals surface area contributed by atoms with Crippen LogP contribution in [0.1, 0.15) is 36.5 Å². The Morgan fingerprint density at radius 1 is 1.00 bits per heavy atom. The quantitative estimate of drug-likeness (QED) is 0.762. The Morgan fingerprint density at radius 3 is 2.30 bits per heavy atom. The first-order chi connectivity index (χ1) is 9.38. The molecule has 2 rings (SSSR count). The van der Waals surface area contributed by atoms with E-state index in [4.69, 9.17) is 22.1 Å². The Balaban J connectivity index is 2.39. The van der Waals surface area contributed by atoms with Crippen LogP contribution in [0.4, 0.5) is 5.69 Å². The number of halogens is 1. The van der Waals surface area contributed by atoms with Gasteiger partial charge in [-0.3, -0.25) is 0 Å². The van der Waals surface area contributed by atoms with Crippen LogP contribution < -0.4 is 10.5 Å². The van der Waals surface area contributed by atoms with Crippen LogP contribution in [0.3, 0.4) is 0 Å². The molecule has 2 aromatic rings. The molecular weight excluding hydrogens is 270 g/mol. The lowest BCUT2D eigenvalue weighted by atomic mass is 10.0. The van der Waals surface area contributed by atoms with Crippen LogP contribution in [-0.4, -0.2) is 0 Å². The Kier molecular flexibility index (Phi) is 4.24. The van der Waals surface area contributed by atoms with Crippen molar-refractivity contribution in [3.63, 3.8) is 0 Å². The number of benzene rings is 2. The van der Waals surface area contributed by atoms with Crippen molar-refractivity contribution in [3.8, 4) is 11.5 Å². The van der Waals surface area contributed by atoms with Gasteiger partial charge in [0.05, 0.1) is 10.7 Å². The average Bonchev–Trinajstić information content (AvgIpc) is 2.38. The molecule has 0 saturated heterocycles. The highest BCUT2D eigenvalue weighted by Gasteiger charge is 2.09. The van der Waals surface area contributed by atoms with Gasteiger partial charge in [0.2, 0.25) is 0 Å². The molecule has 3 heteroatoms. The van der Waals surface area contributed by atoms with E-state index in [1.54, 1.807) is 6.07 Å². The number of nitrogens with two attached hydrogens (primary N) is 1. The summed E-state index contributed by atoms with van der Waals surface area (Å²) in [6.45, 7) is 8.33. The van der Waals surface area contributed by atoms with E-state index >= 15 is 0 Å². The predicted octanol–water partition coefficient (Wildman–Crippen LogP) is 5.45. The third kappa shape index (κ3) is 3.07. The third-order valence-corrected chi connectivity index (χ3v) is 3.72. The first-order valence-corrected chi connectivity index (χ1v) is 7.10. The molecule has 0 saturated carbocycles. The molecule has 0 fully saturated rings. The molecule has 106 valence electrons. The highest BCUT2D eigenvalue weighted by atomic mass is 35.5. The third-order valence-electron chi connectivity index (χ3n) is 3.39. The summed E-state index contributed by atoms with van der Waals surface area (Å²) in [5, 5.41) is 0.517. The van der Waals surface area contributed by atoms with Crippen molar-refractivity contribution in [2.75, 3.05) is 5.73 Å². The zero-order valence-electron chi connectivity index (χ0n) is 12.3. The number of anilines is 1. The molecule has 0 unspecified atom stereocenters. The second kappa shape index (κ2) is 5.76. The van der Waals surface area contributed by atoms with Gasteiger partial charge in [0.25, 0.3) is 0 Å². The van der Waals surface area contributed by atoms with E-state index < -0.39 is 0 Å². The lowest BCUT2D eigenvalue weighted by Crippen LogP contribution is -1.95. The van der Waals surface area contributed by atoms with Crippen molar-refractivity contribution < 1.29 is 4.74 Å². The summed E-state index contributed by atoms with van der Waals surface area (Å²) in [4.78, 5) is 0. The van der Waals surface area contributed by atoms with Crippen LogP contribution in [0.2, 0.25) is 5.02 Å². The standard InChI is InChI=1S/C17H20ClNO/c1-10(2)13-6-5-11(3)16(8-13)20-17-9-14(18)15(19)7-12(17)4/h5-10H,19H2,1-4H3. The largest absolute Gasteiger partial charge is 0.457 e. The predicted molar refractivity (Wildman–Crippen MR) is 85.9 cm³/mol. The summed E-state index contributed by atoms with van der Waals surface area (Å²) in [5.74, 6) is 2.07. The molecule has 0 radical (unpaired) electrons. The fourth-order valence-corrected chi connectivity index (χ4v) is 2.15. The van der Waals surface area contributed by atoms with Crippen LogP contribution in [0.25, 0.3) is 0 Å². The molecule has 2 nitrogen and oxygen atoms in total. The number of aryl methyl sites for hydroxylation is 2. The SMILES string of the molecule is Cc1ccc(C(C)C)cc1Oc1cc(Cl)c(N)cc1C. The van der Waals surface area contributed by atoms with E-state index in [-0.39, 0.29) is 0 Å². The Hall–Kier alpha value is -1.67. The maximum atomic E-state index is 6.07. The van der Waals surface area contributed by atoms with E-state index in [2.05, 4.69) is 32.0 Å². The first-order valence-electron chi connectivity index (χ1n) is 6.72. The Labute approximate surface area is 125 Å². The van der Waals surface area contributed by atoms with E-state index in [1.165, 1.54) is 5.56 Å². The molecule has 0 spiro atoms. The van der Waals surface area contributed by atoms with Gasteiger partial charge in [-0.15, -0.1) is 0 Å². The number of nitrogen functional groups attached to an aromatic ring is 1. The lowest BCUT2D eigenvalue weighted by molar-refractivity contribution is 0.474. The second-order valence-electron chi connectivity index (χ2n) is 5.42. The molecule has 2 aromatic carbocycles. The zero-order valence-corrected chi connectivity index (χ0v) is 13.1. The topological polar surface area (TPSA) is 35.2 Å². The Bertz CT molecular complexity index is 635. The van der Waals surface area contributed by atoms with Gasteiger partial charge in [-0.2, -0.15) is 0 Å². The second-order valence-corrected chi connectivity index (χ2v) is 5.83. The van der Waals surface area contributed by atoms with Gasteiger partial charge in [0, 0.05) is 6.07 Å². The van der Waals surface area contributed by atoms with Crippen molar-refractivity contribution >= 4 is 17.3 Å². The van der Waals surface area contributed by atoms with Crippen molar-refractivity contribution in [3.05, 3.63) is 52.0 Å². The molecule has 0 heterocycles. The van der Waals surface area contributed by atoms with Crippen LogP contribution in [0, 0.1) is 13.8 Å². The lowest BCUT2D eigenvalue weighted by Gasteiger charge is -2.15. The molecule has 0 aliphatic heterocycles. The summed E-state index contributed by atoms with van der Waals surface area (Å²) in [7, 11) is 0. The van der Waals surface area contributed by atoms with Gasteiger partial charge in [0.15, 0.2) is 0 Å². The summed E-state index contributed by atoms with van der Waals surface area (Å²) in [5.41, 5.74) is 9.69. The molecule has 0 aliphatic rings. The van der Waals surface area contributed by atoms with Gasteiger partial charge in [-0.05, 0) is 48.6 Å². The summed E-state index contributed by atoms with van der Waals surface area (Å²) in [6, 6.07) is 9.91. The van der Waals surface area contributed by atoms with Gasteiger partial charge in [-0.25, -0.2) is 0 Å². The molecule has 0 aliphatic carbocycles. The zero-order chi connectivity index (χ0) is 14.9. The van der Waals surface area contributed by atoms with Gasteiger partial charge >= 0.3 is 0 Å². The van der Waals surface area contributed by atoms with Crippen molar-refractivity contribution in [1.82, 2.24) is 0 Å². The molecule has 2 N–H and O–H groups in total.